The van der Waals surface area contributed by atoms with Crippen molar-refractivity contribution in [1.82, 2.24) is 9.78 Å². The molecule has 0 saturated heterocycles. The van der Waals surface area contributed by atoms with Crippen LogP contribution in [0.15, 0.2) is 15.5 Å². The quantitative estimate of drug-likeness (QED) is 0.707. The molecule has 0 saturated carbocycles. The van der Waals surface area contributed by atoms with Crippen molar-refractivity contribution in [3.05, 3.63) is 21.0 Å². The van der Waals surface area contributed by atoms with Crippen molar-refractivity contribution in [3.63, 3.8) is 0 Å². The minimum absolute atomic E-state index is 0.0500. The van der Waals surface area contributed by atoms with Crippen LogP contribution in [0.25, 0.3) is 0 Å². The lowest BCUT2D eigenvalue weighted by Crippen LogP contribution is -2.29. The van der Waals surface area contributed by atoms with Crippen molar-refractivity contribution in [3.8, 4) is 0 Å². The molecule has 0 radical (unpaired) electrons. The molecule has 1 atom stereocenters. The second-order valence-corrected chi connectivity index (χ2v) is 4.97. The largest absolute Gasteiger partial charge is 0.468 e. The van der Waals surface area contributed by atoms with Crippen molar-refractivity contribution in [1.29, 1.82) is 0 Å². The SMILES string of the molecule is CCC(CCO)Nc1cnn(CC(=O)OC)c(=O)c1Br. The third-order valence-corrected chi connectivity index (χ3v) is 3.59. The number of ether oxygens (including phenoxy) is 1. The average molecular weight is 348 g/mol. The fraction of sp³-hybridized carbons (Fsp3) is 0.583. The van der Waals surface area contributed by atoms with Gasteiger partial charge in [-0.15, -0.1) is 0 Å². The maximum atomic E-state index is 12.0. The van der Waals surface area contributed by atoms with E-state index in [-0.39, 0.29) is 19.2 Å². The molecule has 1 aromatic heterocycles. The lowest BCUT2D eigenvalue weighted by Gasteiger charge is -2.18. The van der Waals surface area contributed by atoms with E-state index in [4.69, 9.17) is 5.11 Å². The van der Waals surface area contributed by atoms with Crippen LogP contribution in [-0.4, -0.2) is 40.6 Å². The second-order valence-electron chi connectivity index (χ2n) is 4.17. The highest BCUT2D eigenvalue weighted by atomic mass is 79.9. The number of nitrogens with zero attached hydrogens (tertiary/aromatic N) is 2. The molecule has 0 aliphatic heterocycles. The standard InChI is InChI=1S/C12H18BrN3O4/c1-3-8(4-5-17)15-9-6-14-16(7-10(18)20-2)12(19)11(9)13/h6,8,15,17H,3-5,7H2,1-2H3. The van der Waals surface area contributed by atoms with E-state index in [0.29, 0.717) is 16.6 Å². The molecule has 1 heterocycles. The highest BCUT2D eigenvalue weighted by molar-refractivity contribution is 9.10. The van der Waals surface area contributed by atoms with Gasteiger partial charge in [-0.25, -0.2) is 4.68 Å². The lowest BCUT2D eigenvalue weighted by molar-refractivity contribution is -0.141. The van der Waals surface area contributed by atoms with Gasteiger partial charge in [0.2, 0.25) is 0 Å². The molecular weight excluding hydrogens is 330 g/mol. The number of halogens is 1. The van der Waals surface area contributed by atoms with Gasteiger partial charge in [-0.05, 0) is 28.8 Å². The zero-order chi connectivity index (χ0) is 15.1. The number of methoxy groups -OCH3 is 1. The molecule has 0 spiro atoms. The number of aromatic nitrogens is 2. The number of rotatable bonds is 7. The number of esters is 1. The molecule has 1 unspecified atom stereocenters. The molecule has 1 aromatic rings. The minimum Gasteiger partial charge on any atom is -0.468 e. The summed E-state index contributed by atoms with van der Waals surface area (Å²) in [6.45, 7) is 1.81. The zero-order valence-electron chi connectivity index (χ0n) is 11.4. The summed E-state index contributed by atoms with van der Waals surface area (Å²) in [5.41, 5.74) is 0.121. The number of carbonyl (C=O) groups excluding carboxylic acids is 1. The maximum absolute atomic E-state index is 12.0. The Hall–Kier alpha value is -1.41. The number of hydrogen-bond acceptors (Lipinski definition) is 6. The topological polar surface area (TPSA) is 93.5 Å². The molecule has 0 aliphatic carbocycles. The summed E-state index contributed by atoms with van der Waals surface area (Å²) in [6.07, 6.45) is 2.85. The van der Waals surface area contributed by atoms with Gasteiger partial charge < -0.3 is 15.2 Å². The molecule has 2 N–H and O–H groups in total. The van der Waals surface area contributed by atoms with Gasteiger partial charge in [0.25, 0.3) is 5.56 Å². The van der Waals surface area contributed by atoms with Crippen molar-refractivity contribution < 1.29 is 14.6 Å². The van der Waals surface area contributed by atoms with E-state index in [0.717, 1.165) is 11.1 Å². The van der Waals surface area contributed by atoms with E-state index < -0.39 is 11.5 Å². The molecule has 112 valence electrons. The lowest BCUT2D eigenvalue weighted by atomic mass is 10.1. The Labute approximate surface area is 125 Å². The Morgan fingerprint density at radius 2 is 2.35 bits per heavy atom. The Kier molecular flexibility index (Phi) is 6.66. The Balaban J connectivity index is 2.94. The molecule has 0 amide bonds. The van der Waals surface area contributed by atoms with Gasteiger partial charge >= 0.3 is 5.97 Å². The third kappa shape index (κ3) is 4.31. The van der Waals surface area contributed by atoms with E-state index in [9.17, 15) is 9.59 Å². The predicted octanol–water partition coefficient (Wildman–Crippen LogP) is 0.752. The number of nitrogens with one attached hydrogen (secondary N) is 1. The Morgan fingerprint density at radius 1 is 1.65 bits per heavy atom. The molecule has 0 aliphatic rings. The molecule has 0 aromatic carbocycles. The van der Waals surface area contributed by atoms with E-state index in [1.54, 1.807) is 0 Å². The Bertz CT molecular complexity index is 518. The number of aliphatic hydroxyl groups is 1. The summed E-state index contributed by atoms with van der Waals surface area (Å²) >= 11 is 3.20. The number of carbonyl (C=O) groups is 1. The fourth-order valence-electron chi connectivity index (χ4n) is 1.62. The molecule has 1 rings (SSSR count). The zero-order valence-corrected chi connectivity index (χ0v) is 13.0. The summed E-state index contributed by atoms with van der Waals surface area (Å²) in [7, 11) is 1.25. The fourth-order valence-corrected chi connectivity index (χ4v) is 2.04. The van der Waals surface area contributed by atoms with Gasteiger partial charge in [-0.1, -0.05) is 6.92 Å². The van der Waals surface area contributed by atoms with Crippen LogP contribution < -0.4 is 10.9 Å². The summed E-state index contributed by atoms with van der Waals surface area (Å²) in [4.78, 5) is 23.2. The first kappa shape index (κ1) is 16.6. The van der Waals surface area contributed by atoms with Gasteiger partial charge in [0.05, 0.1) is 19.0 Å². The van der Waals surface area contributed by atoms with Crippen LogP contribution in [0.4, 0.5) is 5.69 Å². The van der Waals surface area contributed by atoms with Gasteiger partial charge in [-0.3, -0.25) is 9.59 Å². The third-order valence-electron chi connectivity index (χ3n) is 2.82. The minimum atomic E-state index is -0.543. The van der Waals surface area contributed by atoms with E-state index in [1.165, 1.54) is 13.3 Å². The van der Waals surface area contributed by atoms with Crippen LogP contribution in [0, 0.1) is 0 Å². The number of hydrogen-bond donors (Lipinski definition) is 2. The molecule has 0 fully saturated rings. The van der Waals surface area contributed by atoms with E-state index >= 15 is 0 Å². The first-order chi connectivity index (χ1) is 9.53. The van der Waals surface area contributed by atoms with Gasteiger partial charge in [0, 0.05) is 12.6 Å². The number of aliphatic hydroxyl groups excluding tert-OH is 1. The van der Waals surface area contributed by atoms with E-state index in [2.05, 4.69) is 31.1 Å². The summed E-state index contributed by atoms with van der Waals surface area (Å²) in [6, 6.07) is 0.0500. The van der Waals surface area contributed by atoms with Crippen LogP contribution in [0.2, 0.25) is 0 Å². The van der Waals surface area contributed by atoms with Crippen LogP contribution in [-0.2, 0) is 16.1 Å². The second kappa shape index (κ2) is 8.01. The first-order valence-corrected chi connectivity index (χ1v) is 7.02. The van der Waals surface area contributed by atoms with Gasteiger partial charge in [0.1, 0.15) is 11.0 Å². The molecule has 7 nitrogen and oxygen atoms in total. The van der Waals surface area contributed by atoms with Gasteiger partial charge in [-0.2, -0.15) is 5.10 Å². The summed E-state index contributed by atoms with van der Waals surface area (Å²) < 4.78 is 5.82. The smallest absolute Gasteiger partial charge is 0.327 e. The van der Waals surface area contributed by atoms with Crippen molar-refractivity contribution in [2.24, 2.45) is 0 Å². The highest BCUT2D eigenvalue weighted by Gasteiger charge is 2.14. The van der Waals surface area contributed by atoms with Crippen LogP contribution in [0.5, 0.6) is 0 Å². The van der Waals surface area contributed by atoms with Gasteiger partial charge in [0.15, 0.2) is 0 Å². The monoisotopic (exact) mass is 347 g/mol. The Morgan fingerprint density at radius 3 is 2.90 bits per heavy atom. The van der Waals surface area contributed by atoms with Crippen LogP contribution in [0.3, 0.4) is 0 Å². The maximum Gasteiger partial charge on any atom is 0.327 e. The van der Waals surface area contributed by atoms with Crippen LogP contribution in [0.1, 0.15) is 19.8 Å². The average Bonchev–Trinajstić information content (AvgIpc) is 2.45. The number of anilines is 1. The first-order valence-electron chi connectivity index (χ1n) is 6.23. The molecule has 0 bridgehead atoms. The molecule has 20 heavy (non-hydrogen) atoms. The predicted molar refractivity (Wildman–Crippen MR) is 77.6 cm³/mol. The molecular formula is C12H18BrN3O4. The van der Waals surface area contributed by atoms with Crippen molar-refractivity contribution in [2.45, 2.75) is 32.4 Å². The van der Waals surface area contributed by atoms with E-state index in [1.807, 2.05) is 6.92 Å². The van der Waals surface area contributed by atoms with Crippen molar-refractivity contribution in [2.75, 3.05) is 19.0 Å². The van der Waals surface area contributed by atoms with Crippen molar-refractivity contribution >= 4 is 27.6 Å². The summed E-state index contributed by atoms with van der Waals surface area (Å²) in [5.74, 6) is -0.543. The molecule has 8 heteroatoms. The highest BCUT2D eigenvalue weighted by Crippen LogP contribution is 2.18. The normalized spacial score (nSPS) is 12.0. The van der Waals surface area contributed by atoms with Crippen LogP contribution >= 0.6 is 15.9 Å². The summed E-state index contributed by atoms with van der Waals surface area (Å²) in [5, 5.41) is 16.0.